The second-order valence-corrected chi connectivity index (χ2v) is 12.7. The van der Waals surface area contributed by atoms with Crippen LogP contribution in [0.2, 0.25) is 0 Å². The quantitative estimate of drug-likeness (QED) is 0.0889. The number of para-hydroxylation sites is 1. The monoisotopic (exact) mass is 695 g/mol. The van der Waals surface area contributed by atoms with Crippen LogP contribution in [-0.4, -0.2) is 45.0 Å². The van der Waals surface area contributed by atoms with Crippen molar-refractivity contribution < 1.29 is 33.4 Å². The van der Waals surface area contributed by atoms with Crippen molar-refractivity contribution >= 4 is 63.2 Å². The number of amides is 3. The lowest BCUT2D eigenvalue weighted by Gasteiger charge is -2.18. The van der Waals surface area contributed by atoms with Gasteiger partial charge in [0.2, 0.25) is 5.91 Å². The van der Waals surface area contributed by atoms with E-state index < -0.39 is 28.9 Å². The van der Waals surface area contributed by atoms with Gasteiger partial charge in [-0.3, -0.25) is 14.4 Å². The second-order valence-electron chi connectivity index (χ2n) is 10.5. The number of hydrogen-bond acceptors (Lipinski definition) is 9. The van der Waals surface area contributed by atoms with Gasteiger partial charge in [0.15, 0.2) is 0 Å². The number of esters is 1. The fourth-order valence-corrected chi connectivity index (χ4v) is 7.18. The molecule has 4 aromatic carbocycles. The molecule has 0 aliphatic rings. The normalized spacial score (nSPS) is 11.2. The minimum Gasteiger partial charge on any atom is -0.496 e. The molecule has 250 valence electrons. The number of benzene rings is 4. The van der Waals surface area contributed by atoms with E-state index in [0.717, 1.165) is 11.3 Å². The number of thioether (sulfide) groups is 1. The van der Waals surface area contributed by atoms with E-state index in [0.29, 0.717) is 38.9 Å². The number of nitrogens with one attached hydrogen (secondary N) is 3. The molecular weight excluding hydrogens is 663 g/mol. The summed E-state index contributed by atoms with van der Waals surface area (Å²) in [5.74, 6) is -1.23. The average molecular weight is 696 g/mol. The highest BCUT2D eigenvalue weighted by Crippen LogP contribution is 2.40. The predicted molar refractivity (Wildman–Crippen MR) is 192 cm³/mol. The third-order valence-electron chi connectivity index (χ3n) is 7.35. The van der Waals surface area contributed by atoms with Gasteiger partial charge in [0.25, 0.3) is 11.8 Å². The first-order chi connectivity index (χ1) is 23.7. The summed E-state index contributed by atoms with van der Waals surface area (Å²) >= 11 is 2.25. The fourth-order valence-electron chi connectivity index (χ4n) is 5.01. The highest BCUT2D eigenvalue weighted by molar-refractivity contribution is 8.00. The van der Waals surface area contributed by atoms with E-state index in [1.54, 1.807) is 67.6 Å². The predicted octanol–water partition coefficient (Wildman–Crippen LogP) is 7.84. The van der Waals surface area contributed by atoms with Gasteiger partial charge in [-0.2, -0.15) is 0 Å². The number of carbonyl (C=O) groups excluding carboxylic acids is 4. The number of anilines is 3. The van der Waals surface area contributed by atoms with Crippen LogP contribution in [0, 0.1) is 6.92 Å². The average Bonchev–Trinajstić information content (AvgIpc) is 3.45. The number of thiophene rings is 1. The van der Waals surface area contributed by atoms with Crippen LogP contribution in [0.15, 0.2) is 108 Å². The molecular formula is C37H33N3O7S2. The van der Waals surface area contributed by atoms with Crippen LogP contribution in [0.4, 0.5) is 16.4 Å². The van der Waals surface area contributed by atoms with E-state index in [-0.39, 0.29) is 21.0 Å². The zero-order chi connectivity index (χ0) is 34.9. The van der Waals surface area contributed by atoms with Gasteiger partial charge in [0.05, 0.1) is 31.8 Å². The van der Waals surface area contributed by atoms with Crippen LogP contribution in [0.1, 0.15) is 46.8 Å². The first-order valence-electron chi connectivity index (χ1n) is 15.0. The Morgan fingerprint density at radius 3 is 1.90 bits per heavy atom. The van der Waals surface area contributed by atoms with Crippen LogP contribution in [0.25, 0.3) is 0 Å². The minimum absolute atomic E-state index is 0.104. The molecule has 49 heavy (non-hydrogen) atoms. The van der Waals surface area contributed by atoms with Crippen LogP contribution >= 0.6 is 23.1 Å². The molecule has 0 spiro atoms. The lowest BCUT2D eigenvalue weighted by molar-refractivity contribution is -0.115. The van der Waals surface area contributed by atoms with Crippen molar-refractivity contribution in [3.8, 4) is 11.5 Å². The van der Waals surface area contributed by atoms with Crippen molar-refractivity contribution in [2.45, 2.75) is 17.1 Å². The van der Waals surface area contributed by atoms with Crippen molar-refractivity contribution in [2.75, 3.05) is 37.3 Å². The van der Waals surface area contributed by atoms with Gasteiger partial charge in [0, 0.05) is 16.3 Å². The molecule has 1 atom stereocenters. The zero-order valence-corrected chi connectivity index (χ0v) is 28.7. The standard InChI is InChI=1S/C37H33N3O7S2/c1-22-29(37(44)47-4)36(49-31(22)34(42)38-24-15-9-6-10-16-24)40-35(43)32(23-13-7-5-8-14-23)48-26-18-11-17-25(21-26)39-33(41)30-27(45-2)19-12-20-28(30)46-3/h5-21,32H,1-4H3,(H,38,42)(H,39,41)(H,40,43). The van der Waals surface area contributed by atoms with Gasteiger partial charge in [-0.1, -0.05) is 60.7 Å². The molecule has 1 unspecified atom stereocenters. The van der Waals surface area contributed by atoms with Crippen molar-refractivity contribution in [1.82, 2.24) is 0 Å². The number of hydrogen-bond donors (Lipinski definition) is 3. The first-order valence-corrected chi connectivity index (χ1v) is 16.7. The molecule has 0 aliphatic carbocycles. The van der Waals surface area contributed by atoms with Gasteiger partial charge in [0.1, 0.15) is 27.3 Å². The Labute approximate surface area is 291 Å². The third kappa shape index (κ3) is 8.11. The van der Waals surface area contributed by atoms with E-state index in [1.165, 1.54) is 33.1 Å². The maximum atomic E-state index is 14.1. The SMILES string of the molecule is COC(=O)c1c(NC(=O)C(Sc2cccc(NC(=O)c3c(OC)cccc3OC)c2)c2ccccc2)sc(C(=O)Nc2ccccc2)c1C. The Kier molecular flexibility index (Phi) is 11.3. The molecule has 0 saturated carbocycles. The van der Waals surface area contributed by atoms with Gasteiger partial charge in [-0.15, -0.1) is 23.1 Å². The van der Waals surface area contributed by atoms with Crippen molar-refractivity contribution in [2.24, 2.45) is 0 Å². The molecule has 10 nitrogen and oxygen atoms in total. The van der Waals surface area contributed by atoms with Gasteiger partial charge in [-0.05, 0) is 60.5 Å². The Morgan fingerprint density at radius 2 is 1.27 bits per heavy atom. The highest BCUT2D eigenvalue weighted by Gasteiger charge is 2.30. The van der Waals surface area contributed by atoms with Crippen LogP contribution in [-0.2, 0) is 9.53 Å². The Bertz CT molecular complexity index is 1960. The molecule has 5 aromatic rings. The molecule has 1 heterocycles. The summed E-state index contributed by atoms with van der Waals surface area (Å²) in [5, 5.41) is 8.04. The molecule has 12 heteroatoms. The van der Waals surface area contributed by atoms with Crippen molar-refractivity contribution in [1.29, 1.82) is 0 Å². The summed E-state index contributed by atoms with van der Waals surface area (Å²) in [6.07, 6.45) is 0. The Morgan fingerprint density at radius 1 is 0.673 bits per heavy atom. The third-order valence-corrected chi connectivity index (χ3v) is 9.81. The second kappa shape index (κ2) is 16.0. The van der Waals surface area contributed by atoms with E-state index in [4.69, 9.17) is 14.2 Å². The minimum atomic E-state index is -0.782. The summed E-state index contributed by atoms with van der Waals surface area (Å²) in [6, 6.07) is 30.3. The first kappa shape index (κ1) is 34.7. The van der Waals surface area contributed by atoms with E-state index in [2.05, 4.69) is 16.0 Å². The summed E-state index contributed by atoms with van der Waals surface area (Å²) in [5.41, 5.74) is 2.52. The van der Waals surface area contributed by atoms with E-state index in [9.17, 15) is 19.2 Å². The lowest BCUT2D eigenvalue weighted by atomic mass is 10.1. The summed E-state index contributed by atoms with van der Waals surface area (Å²) < 4.78 is 15.8. The van der Waals surface area contributed by atoms with Crippen molar-refractivity contribution in [3.05, 3.63) is 130 Å². The van der Waals surface area contributed by atoms with Gasteiger partial charge < -0.3 is 30.2 Å². The molecule has 0 fully saturated rings. The maximum Gasteiger partial charge on any atom is 0.341 e. The van der Waals surface area contributed by atoms with Gasteiger partial charge in [-0.25, -0.2) is 4.79 Å². The summed E-state index contributed by atoms with van der Waals surface area (Å²) in [4.78, 5) is 54.5. The molecule has 3 N–H and O–H groups in total. The molecule has 5 rings (SSSR count). The molecule has 3 amide bonds. The van der Waals surface area contributed by atoms with Gasteiger partial charge >= 0.3 is 5.97 Å². The molecule has 0 radical (unpaired) electrons. The topological polar surface area (TPSA) is 132 Å². The van der Waals surface area contributed by atoms with E-state index in [1.807, 2.05) is 42.5 Å². The summed E-state index contributed by atoms with van der Waals surface area (Å²) in [7, 11) is 4.19. The number of carbonyl (C=O) groups is 4. The fraction of sp³-hybridized carbons (Fsp3) is 0.135. The maximum absolute atomic E-state index is 14.1. The Hall–Kier alpha value is -5.59. The number of ether oxygens (including phenoxy) is 3. The molecule has 0 aliphatic heterocycles. The van der Waals surface area contributed by atoms with Crippen molar-refractivity contribution in [3.63, 3.8) is 0 Å². The highest BCUT2D eigenvalue weighted by atomic mass is 32.2. The number of methoxy groups -OCH3 is 3. The van der Waals surface area contributed by atoms with Crippen LogP contribution in [0.3, 0.4) is 0 Å². The largest absolute Gasteiger partial charge is 0.496 e. The van der Waals surface area contributed by atoms with E-state index >= 15 is 0 Å². The lowest BCUT2D eigenvalue weighted by Crippen LogP contribution is -2.20. The molecule has 0 saturated heterocycles. The van der Waals surface area contributed by atoms with Crippen LogP contribution in [0.5, 0.6) is 11.5 Å². The zero-order valence-electron chi connectivity index (χ0n) is 27.1. The number of rotatable bonds is 12. The smallest absolute Gasteiger partial charge is 0.341 e. The summed E-state index contributed by atoms with van der Waals surface area (Å²) in [6.45, 7) is 1.64. The Balaban J connectivity index is 1.42. The van der Waals surface area contributed by atoms with Crippen LogP contribution < -0.4 is 25.4 Å². The molecule has 1 aromatic heterocycles. The molecule has 0 bridgehead atoms.